The number of fused-ring (bicyclic) bond motifs is 1. The largest absolute Gasteiger partial charge is 0.480 e. The summed E-state index contributed by atoms with van der Waals surface area (Å²) in [6.07, 6.45) is 0.826. The van der Waals surface area contributed by atoms with Crippen molar-refractivity contribution in [2.24, 2.45) is 0 Å². The van der Waals surface area contributed by atoms with Crippen molar-refractivity contribution in [3.63, 3.8) is 0 Å². The molecular formula is C17H15FN2O3S. The molecule has 5 nitrogen and oxygen atoms in total. The number of benzene rings is 1. The summed E-state index contributed by atoms with van der Waals surface area (Å²) >= 11 is 1.40. The molecule has 0 spiro atoms. The highest BCUT2D eigenvalue weighted by molar-refractivity contribution is 7.18. The number of carboxylic acids is 1. The Bertz CT molecular complexity index is 978. The molecule has 1 aromatic carbocycles. The lowest BCUT2D eigenvalue weighted by Gasteiger charge is -2.11. The van der Waals surface area contributed by atoms with Crippen molar-refractivity contribution in [2.45, 2.75) is 26.3 Å². The maximum atomic E-state index is 13.9. The molecule has 0 bridgehead atoms. The van der Waals surface area contributed by atoms with Crippen molar-refractivity contribution >= 4 is 27.5 Å². The summed E-state index contributed by atoms with van der Waals surface area (Å²) in [4.78, 5) is 29.8. The second kappa shape index (κ2) is 6.52. The molecule has 7 heteroatoms. The lowest BCUT2D eigenvalue weighted by molar-refractivity contribution is -0.137. The third kappa shape index (κ3) is 3.07. The molecule has 0 fully saturated rings. The fraction of sp³-hybridized carbons (Fsp3) is 0.235. The third-order valence-electron chi connectivity index (χ3n) is 3.73. The summed E-state index contributed by atoms with van der Waals surface area (Å²) in [5, 5.41) is 9.51. The first kappa shape index (κ1) is 16.3. The van der Waals surface area contributed by atoms with Gasteiger partial charge in [0.1, 0.15) is 23.0 Å². The van der Waals surface area contributed by atoms with Crippen molar-refractivity contribution in [1.82, 2.24) is 9.55 Å². The molecule has 124 valence electrons. The van der Waals surface area contributed by atoms with Gasteiger partial charge in [0.15, 0.2) is 0 Å². The van der Waals surface area contributed by atoms with Gasteiger partial charge in [0.05, 0.1) is 5.39 Å². The number of rotatable bonds is 5. The molecule has 0 aliphatic carbocycles. The van der Waals surface area contributed by atoms with E-state index in [0.29, 0.717) is 15.8 Å². The van der Waals surface area contributed by atoms with Crippen LogP contribution in [0.4, 0.5) is 4.39 Å². The molecule has 0 unspecified atom stereocenters. The third-order valence-corrected chi connectivity index (χ3v) is 4.90. The predicted octanol–water partition coefficient (Wildman–Crippen LogP) is 2.83. The highest BCUT2D eigenvalue weighted by Gasteiger charge is 2.17. The maximum absolute atomic E-state index is 13.9. The van der Waals surface area contributed by atoms with Crippen molar-refractivity contribution < 1.29 is 14.3 Å². The van der Waals surface area contributed by atoms with Crippen molar-refractivity contribution in [3.05, 3.63) is 62.8 Å². The molecule has 0 saturated heterocycles. The van der Waals surface area contributed by atoms with Gasteiger partial charge in [-0.2, -0.15) is 0 Å². The number of hydrogen-bond acceptors (Lipinski definition) is 4. The summed E-state index contributed by atoms with van der Waals surface area (Å²) in [7, 11) is 0. The van der Waals surface area contributed by atoms with E-state index in [-0.39, 0.29) is 12.2 Å². The van der Waals surface area contributed by atoms with Gasteiger partial charge in [-0.3, -0.25) is 14.2 Å². The number of aromatic nitrogens is 2. The van der Waals surface area contributed by atoms with Crippen LogP contribution in [-0.2, 0) is 24.2 Å². The van der Waals surface area contributed by atoms with Gasteiger partial charge in [0.2, 0.25) is 0 Å². The van der Waals surface area contributed by atoms with Crippen LogP contribution in [0.25, 0.3) is 10.2 Å². The zero-order chi connectivity index (χ0) is 17.3. The monoisotopic (exact) mass is 346 g/mol. The Kier molecular flexibility index (Phi) is 4.44. The lowest BCUT2D eigenvalue weighted by Crippen LogP contribution is -2.28. The van der Waals surface area contributed by atoms with E-state index in [1.165, 1.54) is 17.4 Å². The molecule has 0 aliphatic rings. The van der Waals surface area contributed by atoms with E-state index in [9.17, 15) is 14.0 Å². The van der Waals surface area contributed by atoms with Crippen LogP contribution in [0.5, 0.6) is 0 Å². The Morgan fingerprint density at radius 1 is 1.38 bits per heavy atom. The SMILES string of the molecule is CCc1cc2c(=O)n(CC(=O)O)c(Cc3ccccc3F)nc2s1. The zero-order valence-electron chi connectivity index (χ0n) is 13.0. The fourth-order valence-corrected chi connectivity index (χ4v) is 3.50. The van der Waals surface area contributed by atoms with E-state index >= 15 is 0 Å². The standard InChI is InChI=1S/C17H15FN2O3S/c1-2-11-8-12-16(24-11)19-14(20(17(12)23)9-15(21)22)7-10-5-3-4-6-13(10)18/h3-6,8H,2,7,9H2,1H3,(H,21,22). The first-order valence-electron chi connectivity index (χ1n) is 7.47. The highest BCUT2D eigenvalue weighted by Crippen LogP contribution is 2.23. The number of nitrogens with zero attached hydrogens (tertiary/aromatic N) is 2. The minimum atomic E-state index is -1.14. The molecule has 0 radical (unpaired) electrons. The van der Waals surface area contributed by atoms with Gasteiger partial charge >= 0.3 is 5.97 Å². The highest BCUT2D eigenvalue weighted by atomic mass is 32.1. The van der Waals surface area contributed by atoms with Gasteiger partial charge in [0, 0.05) is 11.3 Å². The molecule has 3 aromatic rings. The number of hydrogen-bond donors (Lipinski definition) is 1. The number of aliphatic carboxylic acids is 1. The normalized spacial score (nSPS) is 11.1. The van der Waals surface area contributed by atoms with E-state index in [4.69, 9.17) is 5.11 Å². The van der Waals surface area contributed by atoms with Crippen molar-refractivity contribution in [2.75, 3.05) is 0 Å². The first-order valence-corrected chi connectivity index (χ1v) is 8.28. The number of carbonyl (C=O) groups is 1. The van der Waals surface area contributed by atoms with Gasteiger partial charge in [-0.15, -0.1) is 11.3 Å². The molecule has 1 N–H and O–H groups in total. The molecule has 0 aliphatic heterocycles. The van der Waals surface area contributed by atoms with Crippen LogP contribution < -0.4 is 5.56 Å². The van der Waals surface area contributed by atoms with Crippen molar-refractivity contribution in [1.29, 1.82) is 0 Å². The topological polar surface area (TPSA) is 72.2 Å². The Labute approximate surface area is 141 Å². The Morgan fingerprint density at radius 2 is 2.12 bits per heavy atom. The van der Waals surface area contributed by atoms with Crippen LogP contribution in [-0.4, -0.2) is 20.6 Å². The van der Waals surface area contributed by atoms with E-state index < -0.39 is 23.9 Å². The van der Waals surface area contributed by atoms with E-state index in [2.05, 4.69) is 4.98 Å². The van der Waals surface area contributed by atoms with Gasteiger partial charge in [0.25, 0.3) is 5.56 Å². The molecule has 2 heterocycles. The van der Waals surface area contributed by atoms with Gasteiger partial charge in [-0.25, -0.2) is 9.37 Å². The smallest absolute Gasteiger partial charge is 0.323 e. The second-order valence-corrected chi connectivity index (χ2v) is 6.48. The predicted molar refractivity (Wildman–Crippen MR) is 90.1 cm³/mol. The second-order valence-electron chi connectivity index (χ2n) is 5.37. The summed E-state index contributed by atoms with van der Waals surface area (Å²) in [6.45, 7) is 1.48. The van der Waals surface area contributed by atoms with Crippen LogP contribution in [0, 0.1) is 5.82 Å². The molecule has 2 aromatic heterocycles. The van der Waals surface area contributed by atoms with E-state index in [1.807, 2.05) is 6.92 Å². The molecule has 0 amide bonds. The lowest BCUT2D eigenvalue weighted by atomic mass is 10.1. The zero-order valence-corrected chi connectivity index (χ0v) is 13.8. The summed E-state index contributed by atoms with van der Waals surface area (Å²) in [6, 6.07) is 7.95. The first-order chi connectivity index (χ1) is 11.5. The van der Waals surface area contributed by atoms with Gasteiger partial charge in [-0.1, -0.05) is 25.1 Å². The molecule has 0 atom stereocenters. The van der Waals surface area contributed by atoms with Crippen LogP contribution >= 0.6 is 11.3 Å². The quantitative estimate of drug-likeness (QED) is 0.771. The van der Waals surface area contributed by atoms with Crippen LogP contribution in [0.3, 0.4) is 0 Å². The minimum Gasteiger partial charge on any atom is -0.480 e. The van der Waals surface area contributed by atoms with Crippen molar-refractivity contribution in [3.8, 4) is 0 Å². The summed E-state index contributed by atoms with van der Waals surface area (Å²) < 4.78 is 15.0. The molecule has 3 rings (SSSR count). The van der Waals surface area contributed by atoms with Gasteiger partial charge < -0.3 is 5.11 Å². The van der Waals surface area contributed by atoms with Gasteiger partial charge in [-0.05, 0) is 24.1 Å². The fourth-order valence-electron chi connectivity index (χ4n) is 2.53. The van der Waals surface area contributed by atoms with E-state index in [1.54, 1.807) is 24.3 Å². The Morgan fingerprint density at radius 3 is 2.79 bits per heavy atom. The average Bonchev–Trinajstić information content (AvgIpc) is 2.96. The number of carboxylic acid groups (broad SMARTS) is 1. The summed E-state index contributed by atoms with van der Waals surface area (Å²) in [5.74, 6) is -1.29. The Balaban J connectivity index is 2.18. The van der Waals surface area contributed by atoms with E-state index in [0.717, 1.165) is 15.9 Å². The number of aryl methyl sites for hydroxylation is 1. The molecule has 24 heavy (non-hydrogen) atoms. The number of thiophene rings is 1. The Hall–Kier alpha value is -2.54. The van der Waals surface area contributed by atoms with Crippen LogP contribution in [0.15, 0.2) is 35.1 Å². The minimum absolute atomic E-state index is 0.0600. The maximum Gasteiger partial charge on any atom is 0.323 e. The molecular weight excluding hydrogens is 331 g/mol. The average molecular weight is 346 g/mol. The summed E-state index contributed by atoms with van der Waals surface area (Å²) in [5.41, 5.74) is -0.0279. The van der Waals surface area contributed by atoms with Crippen LogP contribution in [0.1, 0.15) is 23.2 Å². The number of halogens is 1. The van der Waals surface area contributed by atoms with Crippen LogP contribution in [0.2, 0.25) is 0 Å². The molecule has 0 saturated carbocycles.